The molecule has 1 aliphatic rings. The standard InChI is InChI=1S/C15H22NO3/c1-12-4-3-5-13(2)15(12)19-11-14(17)10-16-6-8-18-9-7-16/h4-5,14,17H,6-11H2,1-2H3. The van der Waals surface area contributed by atoms with Gasteiger partial charge in [0.1, 0.15) is 18.5 Å². The Labute approximate surface area is 114 Å². The molecule has 0 amide bonds. The van der Waals surface area contributed by atoms with E-state index >= 15 is 0 Å². The number of aryl methyl sites for hydroxylation is 2. The van der Waals surface area contributed by atoms with Crippen LogP contribution in [0.15, 0.2) is 12.1 Å². The van der Waals surface area contributed by atoms with Crippen LogP contribution < -0.4 is 4.74 Å². The van der Waals surface area contributed by atoms with Gasteiger partial charge in [-0.15, -0.1) is 0 Å². The summed E-state index contributed by atoms with van der Waals surface area (Å²) in [7, 11) is 0. The summed E-state index contributed by atoms with van der Waals surface area (Å²) in [5.41, 5.74) is 2.11. The van der Waals surface area contributed by atoms with E-state index < -0.39 is 6.10 Å². The Balaban J connectivity index is 1.81. The molecule has 1 N–H and O–H groups in total. The van der Waals surface area contributed by atoms with Gasteiger partial charge >= 0.3 is 0 Å². The van der Waals surface area contributed by atoms with Crippen molar-refractivity contribution in [3.05, 3.63) is 29.3 Å². The van der Waals surface area contributed by atoms with Crippen LogP contribution in [0, 0.1) is 19.9 Å². The van der Waals surface area contributed by atoms with Crippen molar-refractivity contribution in [2.24, 2.45) is 0 Å². The summed E-state index contributed by atoms with van der Waals surface area (Å²) in [6.07, 6.45) is -0.471. The Morgan fingerprint density at radius 2 is 1.95 bits per heavy atom. The monoisotopic (exact) mass is 264 g/mol. The van der Waals surface area contributed by atoms with Crippen LogP contribution in [-0.2, 0) is 4.74 Å². The molecule has 1 aromatic carbocycles. The van der Waals surface area contributed by atoms with Crippen molar-refractivity contribution in [3.8, 4) is 5.75 Å². The summed E-state index contributed by atoms with van der Waals surface area (Å²) >= 11 is 0. The molecular formula is C15H22NO3. The number of β-amino-alcohol motifs (C(OH)–C–C–N with tert-alkyl or cyclic N) is 1. The van der Waals surface area contributed by atoms with E-state index in [1.807, 2.05) is 26.0 Å². The highest BCUT2D eigenvalue weighted by molar-refractivity contribution is 5.39. The van der Waals surface area contributed by atoms with Gasteiger partial charge in [0.25, 0.3) is 0 Å². The maximum absolute atomic E-state index is 10.0. The van der Waals surface area contributed by atoms with Crippen LogP contribution in [0.1, 0.15) is 11.1 Å². The van der Waals surface area contributed by atoms with Gasteiger partial charge < -0.3 is 14.6 Å². The quantitative estimate of drug-likeness (QED) is 0.867. The third kappa shape index (κ3) is 4.20. The number of aliphatic hydroxyl groups excluding tert-OH is 1. The molecule has 1 radical (unpaired) electrons. The number of morpholine rings is 1. The van der Waals surface area contributed by atoms with Crippen LogP contribution in [0.2, 0.25) is 0 Å². The second-order valence-electron chi connectivity index (χ2n) is 5.03. The highest BCUT2D eigenvalue weighted by atomic mass is 16.5. The van der Waals surface area contributed by atoms with Crippen molar-refractivity contribution in [1.29, 1.82) is 0 Å². The number of nitrogens with zero attached hydrogens (tertiary/aromatic N) is 1. The maximum Gasteiger partial charge on any atom is 0.125 e. The zero-order valence-corrected chi connectivity index (χ0v) is 11.7. The lowest BCUT2D eigenvalue weighted by molar-refractivity contribution is 0.00454. The molecule has 0 bridgehead atoms. The normalized spacial score (nSPS) is 18.3. The molecule has 0 saturated carbocycles. The van der Waals surface area contributed by atoms with Gasteiger partial charge in [-0.25, -0.2) is 0 Å². The topological polar surface area (TPSA) is 41.9 Å². The molecule has 1 fully saturated rings. The Morgan fingerprint density at radius 1 is 1.32 bits per heavy atom. The van der Waals surface area contributed by atoms with Crippen LogP contribution in [-0.4, -0.2) is 55.6 Å². The van der Waals surface area contributed by atoms with Crippen LogP contribution in [0.5, 0.6) is 5.75 Å². The van der Waals surface area contributed by atoms with E-state index in [2.05, 4.69) is 11.0 Å². The van der Waals surface area contributed by atoms with Crippen molar-refractivity contribution < 1.29 is 14.6 Å². The summed E-state index contributed by atoms with van der Waals surface area (Å²) in [6, 6.07) is 6.86. The zero-order valence-electron chi connectivity index (χ0n) is 11.7. The van der Waals surface area contributed by atoms with Gasteiger partial charge in [0.05, 0.1) is 13.2 Å². The smallest absolute Gasteiger partial charge is 0.125 e. The molecular weight excluding hydrogens is 242 g/mol. The second-order valence-corrected chi connectivity index (χ2v) is 5.03. The molecule has 0 spiro atoms. The van der Waals surface area contributed by atoms with E-state index in [0.717, 1.165) is 43.2 Å². The van der Waals surface area contributed by atoms with Gasteiger partial charge in [-0.3, -0.25) is 4.90 Å². The molecule has 2 rings (SSSR count). The lowest BCUT2D eigenvalue weighted by Gasteiger charge is -2.28. The molecule has 4 nitrogen and oxygen atoms in total. The van der Waals surface area contributed by atoms with E-state index in [9.17, 15) is 5.11 Å². The highest BCUT2D eigenvalue weighted by Gasteiger charge is 2.15. The van der Waals surface area contributed by atoms with Crippen LogP contribution in [0.25, 0.3) is 0 Å². The molecule has 1 atom stereocenters. The largest absolute Gasteiger partial charge is 0.490 e. The second kappa shape index (κ2) is 6.89. The van der Waals surface area contributed by atoms with Gasteiger partial charge in [0, 0.05) is 19.6 Å². The number of aliphatic hydroxyl groups is 1. The van der Waals surface area contributed by atoms with E-state index in [0.29, 0.717) is 13.2 Å². The number of rotatable bonds is 5. The third-order valence-corrected chi connectivity index (χ3v) is 3.31. The Hall–Kier alpha value is -1.10. The molecule has 105 valence electrons. The zero-order chi connectivity index (χ0) is 13.7. The minimum absolute atomic E-state index is 0.322. The number of benzene rings is 1. The maximum atomic E-state index is 10.0. The predicted molar refractivity (Wildman–Crippen MR) is 73.5 cm³/mol. The first-order valence-corrected chi connectivity index (χ1v) is 6.75. The molecule has 4 heteroatoms. The van der Waals surface area contributed by atoms with Gasteiger partial charge in [0.2, 0.25) is 0 Å². The van der Waals surface area contributed by atoms with Crippen molar-refractivity contribution in [1.82, 2.24) is 4.90 Å². The fourth-order valence-corrected chi connectivity index (χ4v) is 2.28. The minimum Gasteiger partial charge on any atom is -0.490 e. The third-order valence-electron chi connectivity index (χ3n) is 3.31. The van der Waals surface area contributed by atoms with E-state index in [1.54, 1.807) is 0 Å². The molecule has 1 saturated heterocycles. The van der Waals surface area contributed by atoms with Gasteiger partial charge in [-0.05, 0) is 43.2 Å². The minimum atomic E-state index is -0.471. The lowest BCUT2D eigenvalue weighted by atomic mass is 10.1. The van der Waals surface area contributed by atoms with Crippen molar-refractivity contribution >= 4 is 0 Å². The van der Waals surface area contributed by atoms with Gasteiger partial charge in [0.15, 0.2) is 0 Å². The molecule has 1 unspecified atom stereocenters. The molecule has 1 aliphatic heterocycles. The van der Waals surface area contributed by atoms with Gasteiger partial charge in [-0.2, -0.15) is 0 Å². The predicted octanol–water partition coefficient (Wildman–Crippen LogP) is 1.18. The summed E-state index contributed by atoms with van der Waals surface area (Å²) in [5.74, 6) is 0.861. The molecule has 1 heterocycles. The fraction of sp³-hybridized carbons (Fsp3) is 0.600. The van der Waals surface area contributed by atoms with Crippen LogP contribution >= 0.6 is 0 Å². The highest BCUT2D eigenvalue weighted by Crippen LogP contribution is 2.22. The van der Waals surface area contributed by atoms with Crippen molar-refractivity contribution in [2.45, 2.75) is 20.0 Å². The number of ether oxygens (including phenoxy) is 2. The van der Waals surface area contributed by atoms with Crippen molar-refractivity contribution in [2.75, 3.05) is 39.5 Å². The average Bonchev–Trinajstić information content (AvgIpc) is 2.39. The molecule has 0 aromatic heterocycles. The fourth-order valence-electron chi connectivity index (χ4n) is 2.28. The first-order chi connectivity index (χ1) is 9.16. The summed E-state index contributed by atoms with van der Waals surface area (Å²) in [4.78, 5) is 2.20. The Morgan fingerprint density at radius 3 is 2.58 bits per heavy atom. The van der Waals surface area contributed by atoms with Crippen molar-refractivity contribution in [3.63, 3.8) is 0 Å². The summed E-state index contributed by atoms with van der Waals surface area (Å²) in [6.45, 7) is 8.22. The SMILES string of the molecule is Cc1c[c]cc(C)c1OCC(O)CN1CCOCC1. The molecule has 0 aliphatic carbocycles. The summed E-state index contributed by atoms with van der Waals surface area (Å²) in [5, 5.41) is 10.0. The first kappa shape index (κ1) is 14.3. The molecule has 1 aromatic rings. The average molecular weight is 264 g/mol. The van der Waals surface area contributed by atoms with Gasteiger partial charge in [-0.1, -0.05) is 0 Å². The number of hydrogen-bond donors (Lipinski definition) is 1. The Kier molecular flexibility index (Phi) is 5.19. The van der Waals surface area contributed by atoms with Crippen LogP contribution in [0.4, 0.5) is 0 Å². The summed E-state index contributed by atoms with van der Waals surface area (Å²) < 4.78 is 11.0. The van der Waals surface area contributed by atoms with Crippen LogP contribution in [0.3, 0.4) is 0 Å². The first-order valence-electron chi connectivity index (χ1n) is 6.75. The van der Waals surface area contributed by atoms with E-state index in [-0.39, 0.29) is 0 Å². The Bertz CT molecular complexity index is 382. The number of hydrogen-bond acceptors (Lipinski definition) is 4. The lowest BCUT2D eigenvalue weighted by Crippen LogP contribution is -2.42. The van der Waals surface area contributed by atoms with E-state index in [1.165, 1.54) is 0 Å². The molecule has 19 heavy (non-hydrogen) atoms. The van der Waals surface area contributed by atoms with E-state index in [4.69, 9.17) is 9.47 Å².